The van der Waals surface area contributed by atoms with E-state index in [1.165, 1.54) is 154 Å². The molecule has 0 saturated heterocycles. The van der Waals surface area contributed by atoms with E-state index in [-0.39, 0.29) is 0 Å². The van der Waals surface area contributed by atoms with Gasteiger partial charge >= 0.3 is 0 Å². The first kappa shape index (κ1) is 28.7. The first-order valence-corrected chi connectivity index (χ1v) is 15.4. The van der Waals surface area contributed by atoms with Crippen LogP contribution in [0.1, 0.15) is 166 Å². The molecule has 1 rings (SSSR count). The Morgan fingerprint density at radius 3 is 0.935 bits per heavy atom. The molecule has 31 heavy (non-hydrogen) atoms. The van der Waals surface area contributed by atoms with Crippen LogP contribution in [0, 0.1) is 0 Å². The summed E-state index contributed by atoms with van der Waals surface area (Å²) in [6, 6.07) is 0. The fourth-order valence-electron chi connectivity index (χ4n) is 4.75. The molecule has 0 nitrogen and oxygen atoms in total. The minimum Gasteiger partial charge on any atom is -0.152 e. The molecule has 1 heteroatoms. The van der Waals surface area contributed by atoms with Crippen LogP contribution in [0.3, 0.4) is 0 Å². The van der Waals surface area contributed by atoms with Gasteiger partial charge in [-0.1, -0.05) is 142 Å². The predicted octanol–water partition coefficient (Wildman–Crippen LogP) is 11.5. The maximum absolute atomic E-state index is 2.43. The Kier molecular flexibility index (Phi) is 21.2. The molecule has 0 aliphatic rings. The molecule has 0 aromatic carbocycles. The Morgan fingerprint density at radius 1 is 0.387 bits per heavy atom. The molecule has 1 aromatic heterocycles. The van der Waals surface area contributed by atoms with Crippen LogP contribution in [0.5, 0.6) is 0 Å². The van der Waals surface area contributed by atoms with E-state index >= 15 is 0 Å². The van der Waals surface area contributed by atoms with Crippen molar-refractivity contribution < 1.29 is 0 Å². The van der Waals surface area contributed by atoms with Crippen LogP contribution < -0.4 is 0 Å². The molecular formula is C30H56S. The zero-order chi connectivity index (χ0) is 22.2. The number of rotatable bonds is 24. The molecule has 0 atom stereocenters. The lowest BCUT2D eigenvalue weighted by atomic mass is 9.99. The summed E-state index contributed by atoms with van der Waals surface area (Å²) in [6.45, 7) is 4.61. The molecule has 182 valence electrons. The zero-order valence-corrected chi connectivity index (χ0v) is 22.4. The van der Waals surface area contributed by atoms with E-state index in [9.17, 15) is 0 Å². The van der Waals surface area contributed by atoms with Gasteiger partial charge in [0.15, 0.2) is 0 Å². The maximum Gasteiger partial charge on any atom is -0.00584 e. The van der Waals surface area contributed by atoms with Gasteiger partial charge in [-0.05, 0) is 47.6 Å². The van der Waals surface area contributed by atoms with Crippen molar-refractivity contribution in [2.75, 3.05) is 0 Å². The van der Waals surface area contributed by atoms with Crippen molar-refractivity contribution >= 4 is 11.3 Å². The van der Waals surface area contributed by atoms with Crippen molar-refractivity contribution in [2.45, 2.75) is 168 Å². The Labute approximate surface area is 201 Å². The van der Waals surface area contributed by atoms with E-state index in [1.54, 1.807) is 11.1 Å². The average molecular weight is 449 g/mol. The average Bonchev–Trinajstić information content (AvgIpc) is 3.23. The third kappa shape index (κ3) is 17.9. The van der Waals surface area contributed by atoms with Crippen molar-refractivity contribution in [1.82, 2.24) is 0 Å². The number of unbranched alkanes of at least 4 members (excludes halogenated alkanes) is 20. The SMILES string of the molecule is CCCCCCCCCCCCCc1cscc1CCCCCCCCCCCCC. The third-order valence-electron chi connectivity index (χ3n) is 6.93. The first-order chi connectivity index (χ1) is 15.4. The quantitative estimate of drug-likeness (QED) is 0.138. The summed E-state index contributed by atoms with van der Waals surface area (Å²) in [4.78, 5) is 0. The summed E-state index contributed by atoms with van der Waals surface area (Å²) in [5.74, 6) is 0. The minimum absolute atomic E-state index is 1.33. The summed E-state index contributed by atoms with van der Waals surface area (Å²) >= 11 is 1.93. The molecule has 0 radical (unpaired) electrons. The van der Waals surface area contributed by atoms with Crippen LogP contribution in [0.15, 0.2) is 10.8 Å². The van der Waals surface area contributed by atoms with Crippen LogP contribution in [-0.4, -0.2) is 0 Å². The largest absolute Gasteiger partial charge is 0.152 e. The number of thiophene rings is 1. The van der Waals surface area contributed by atoms with Gasteiger partial charge in [-0.3, -0.25) is 0 Å². The van der Waals surface area contributed by atoms with E-state index in [0.717, 1.165) is 0 Å². The highest BCUT2D eigenvalue weighted by Crippen LogP contribution is 2.21. The lowest BCUT2D eigenvalue weighted by Crippen LogP contribution is -1.92. The van der Waals surface area contributed by atoms with Crippen LogP contribution in [0.25, 0.3) is 0 Å². The Bertz CT molecular complexity index is 420. The second-order valence-electron chi connectivity index (χ2n) is 9.99. The molecule has 1 heterocycles. The third-order valence-corrected chi connectivity index (χ3v) is 7.77. The van der Waals surface area contributed by atoms with Gasteiger partial charge in [0.25, 0.3) is 0 Å². The highest BCUT2D eigenvalue weighted by atomic mass is 32.1. The smallest absolute Gasteiger partial charge is 0.00584 e. The second kappa shape index (κ2) is 22.9. The molecule has 0 amide bonds. The zero-order valence-electron chi connectivity index (χ0n) is 21.5. The fourth-order valence-corrected chi connectivity index (χ4v) is 5.68. The van der Waals surface area contributed by atoms with Crippen LogP contribution in [0.2, 0.25) is 0 Å². The van der Waals surface area contributed by atoms with Gasteiger partial charge in [0.2, 0.25) is 0 Å². The van der Waals surface area contributed by atoms with Crippen molar-refractivity contribution in [3.05, 3.63) is 21.9 Å². The standard InChI is InChI=1S/C30H56S/c1-3-5-7-9-11-13-15-17-19-21-23-25-29-27-31-28-30(29)26-24-22-20-18-16-14-12-10-8-6-4-2/h27-28H,3-26H2,1-2H3. The van der Waals surface area contributed by atoms with Gasteiger partial charge in [-0.15, -0.1) is 0 Å². The number of hydrogen-bond donors (Lipinski definition) is 0. The van der Waals surface area contributed by atoms with Crippen LogP contribution in [0.4, 0.5) is 0 Å². The van der Waals surface area contributed by atoms with Crippen molar-refractivity contribution in [3.8, 4) is 0 Å². The van der Waals surface area contributed by atoms with Crippen molar-refractivity contribution in [3.63, 3.8) is 0 Å². The summed E-state index contributed by atoms with van der Waals surface area (Å²) < 4.78 is 0. The predicted molar refractivity (Wildman–Crippen MR) is 145 cm³/mol. The Hall–Kier alpha value is -0.300. The Balaban J connectivity index is 1.91. The molecule has 0 bridgehead atoms. The highest BCUT2D eigenvalue weighted by molar-refractivity contribution is 7.08. The fraction of sp³-hybridized carbons (Fsp3) is 0.867. The molecule has 0 aliphatic carbocycles. The number of hydrogen-bond acceptors (Lipinski definition) is 1. The summed E-state index contributed by atoms with van der Waals surface area (Å²) in [7, 11) is 0. The maximum atomic E-state index is 2.43. The van der Waals surface area contributed by atoms with Crippen molar-refractivity contribution in [1.29, 1.82) is 0 Å². The molecule has 0 aliphatic heterocycles. The monoisotopic (exact) mass is 448 g/mol. The highest BCUT2D eigenvalue weighted by Gasteiger charge is 2.04. The van der Waals surface area contributed by atoms with E-state index < -0.39 is 0 Å². The van der Waals surface area contributed by atoms with E-state index in [0.29, 0.717) is 0 Å². The summed E-state index contributed by atoms with van der Waals surface area (Å²) in [6.07, 6.45) is 34.4. The Morgan fingerprint density at radius 2 is 0.645 bits per heavy atom. The van der Waals surface area contributed by atoms with Gasteiger partial charge in [0.1, 0.15) is 0 Å². The molecule has 0 N–H and O–H groups in total. The molecule has 0 fully saturated rings. The summed E-state index contributed by atoms with van der Waals surface area (Å²) in [5, 5.41) is 4.87. The molecule has 0 spiro atoms. The van der Waals surface area contributed by atoms with Crippen molar-refractivity contribution in [2.24, 2.45) is 0 Å². The van der Waals surface area contributed by atoms with E-state index in [4.69, 9.17) is 0 Å². The lowest BCUT2D eigenvalue weighted by molar-refractivity contribution is 0.547. The molecule has 0 saturated carbocycles. The van der Waals surface area contributed by atoms with Gasteiger partial charge in [0.05, 0.1) is 0 Å². The van der Waals surface area contributed by atoms with Gasteiger partial charge in [0, 0.05) is 0 Å². The number of aryl methyl sites for hydroxylation is 2. The summed E-state index contributed by atoms with van der Waals surface area (Å²) in [5.41, 5.74) is 3.35. The normalized spacial score (nSPS) is 11.4. The topological polar surface area (TPSA) is 0 Å². The van der Waals surface area contributed by atoms with Crippen LogP contribution >= 0.6 is 11.3 Å². The minimum atomic E-state index is 1.33. The van der Waals surface area contributed by atoms with Gasteiger partial charge in [-0.25, -0.2) is 0 Å². The molecular weight excluding hydrogens is 392 g/mol. The van der Waals surface area contributed by atoms with Gasteiger partial charge < -0.3 is 0 Å². The van der Waals surface area contributed by atoms with E-state index in [1.807, 2.05) is 11.3 Å². The second-order valence-corrected chi connectivity index (χ2v) is 10.7. The lowest BCUT2D eigenvalue weighted by Gasteiger charge is -2.06. The first-order valence-electron chi connectivity index (χ1n) is 14.4. The van der Waals surface area contributed by atoms with Gasteiger partial charge in [-0.2, -0.15) is 11.3 Å². The molecule has 0 unspecified atom stereocenters. The van der Waals surface area contributed by atoms with E-state index in [2.05, 4.69) is 24.6 Å². The van der Waals surface area contributed by atoms with Crippen LogP contribution in [-0.2, 0) is 12.8 Å². The molecule has 1 aromatic rings.